The lowest BCUT2D eigenvalue weighted by Gasteiger charge is -2.11. The van der Waals surface area contributed by atoms with Crippen LogP contribution in [0.3, 0.4) is 0 Å². The standard InChI is InChI=1S/C17H13BrFNO2S/c18-17-10-9-16(20(17)15-7-5-14(19)6-8-15)13-3-1-12(2-4-13)11-23(21)22/h1-10H,11H2,(H,21,22). The van der Waals surface area contributed by atoms with Crippen molar-refractivity contribution in [3.8, 4) is 16.9 Å². The van der Waals surface area contributed by atoms with Gasteiger partial charge in [0.15, 0.2) is 11.1 Å². The number of benzene rings is 2. The van der Waals surface area contributed by atoms with Crippen LogP contribution in [0.1, 0.15) is 5.56 Å². The molecule has 0 saturated heterocycles. The van der Waals surface area contributed by atoms with Crippen molar-refractivity contribution < 1.29 is 13.2 Å². The van der Waals surface area contributed by atoms with E-state index in [0.29, 0.717) is 0 Å². The maximum atomic E-state index is 13.1. The fourth-order valence-electron chi connectivity index (χ4n) is 2.40. The van der Waals surface area contributed by atoms with E-state index >= 15 is 0 Å². The van der Waals surface area contributed by atoms with Crippen LogP contribution in [0.4, 0.5) is 4.39 Å². The molecule has 1 unspecified atom stereocenters. The third kappa shape index (κ3) is 3.60. The van der Waals surface area contributed by atoms with Gasteiger partial charge in [0.25, 0.3) is 0 Å². The van der Waals surface area contributed by atoms with E-state index in [4.69, 9.17) is 4.55 Å². The molecule has 1 aromatic heterocycles. The molecule has 3 rings (SSSR count). The first-order chi connectivity index (χ1) is 11.0. The smallest absolute Gasteiger partial charge is 0.157 e. The molecule has 0 aliphatic rings. The molecular formula is C17H13BrFNO2S. The van der Waals surface area contributed by atoms with Crippen LogP contribution >= 0.6 is 15.9 Å². The van der Waals surface area contributed by atoms with Gasteiger partial charge in [-0.1, -0.05) is 24.3 Å². The topological polar surface area (TPSA) is 42.2 Å². The molecule has 6 heteroatoms. The van der Waals surface area contributed by atoms with Gasteiger partial charge in [0.1, 0.15) is 5.82 Å². The summed E-state index contributed by atoms with van der Waals surface area (Å²) in [4.78, 5) is 0. The fraction of sp³-hybridized carbons (Fsp3) is 0.0588. The third-order valence-corrected chi connectivity index (χ3v) is 4.66. The van der Waals surface area contributed by atoms with Gasteiger partial charge in [-0.25, -0.2) is 8.60 Å². The van der Waals surface area contributed by atoms with Crippen molar-refractivity contribution in [1.82, 2.24) is 4.57 Å². The molecule has 1 heterocycles. The zero-order chi connectivity index (χ0) is 16.4. The van der Waals surface area contributed by atoms with Gasteiger partial charge in [0.05, 0.1) is 16.0 Å². The van der Waals surface area contributed by atoms with Crippen LogP contribution in [-0.2, 0) is 16.8 Å². The molecule has 118 valence electrons. The van der Waals surface area contributed by atoms with Crippen LogP contribution in [0, 0.1) is 5.82 Å². The molecule has 0 bridgehead atoms. The molecular weight excluding hydrogens is 381 g/mol. The Morgan fingerprint density at radius 2 is 1.65 bits per heavy atom. The van der Waals surface area contributed by atoms with E-state index in [1.807, 2.05) is 41.0 Å². The number of nitrogens with zero attached hydrogens (tertiary/aromatic N) is 1. The molecule has 2 aromatic carbocycles. The van der Waals surface area contributed by atoms with Gasteiger partial charge >= 0.3 is 0 Å². The average molecular weight is 394 g/mol. The molecule has 3 nitrogen and oxygen atoms in total. The Kier molecular flexibility index (Phi) is 4.75. The Labute approximate surface area is 144 Å². The first-order valence-corrected chi connectivity index (χ1v) is 8.91. The number of hydrogen-bond acceptors (Lipinski definition) is 1. The predicted molar refractivity (Wildman–Crippen MR) is 93.3 cm³/mol. The van der Waals surface area contributed by atoms with E-state index < -0.39 is 11.1 Å². The summed E-state index contributed by atoms with van der Waals surface area (Å²) < 4.78 is 35.8. The summed E-state index contributed by atoms with van der Waals surface area (Å²) in [5.74, 6) is -0.164. The maximum absolute atomic E-state index is 13.1. The van der Waals surface area contributed by atoms with Gasteiger partial charge in [-0.15, -0.1) is 0 Å². The van der Waals surface area contributed by atoms with Crippen molar-refractivity contribution in [2.24, 2.45) is 0 Å². The highest BCUT2D eigenvalue weighted by Gasteiger charge is 2.11. The first kappa shape index (κ1) is 16.1. The molecule has 1 atom stereocenters. The quantitative estimate of drug-likeness (QED) is 0.648. The Morgan fingerprint density at radius 1 is 1.00 bits per heavy atom. The van der Waals surface area contributed by atoms with Crippen LogP contribution in [-0.4, -0.2) is 13.3 Å². The van der Waals surface area contributed by atoms with Crippen molar-refractivity contribution in [3.05, 3.63) is 76.6 Å². The van der Waals surface area contributed by atoms with Crippen LogP contribution in [0.5, 0.6) is 0 Å². The van der Waals surface area contributed by atoms with Gasteiger partial charge < -0.3 is 9.12 Å². The summed E-state index contributed by atoms with van der Waals surface area (Å²) in [6.45, 7) is 0. The predicted octanol–water partition coefficient (Wildman–Crippen LogP) is 4.77. The number of rotatable bonds is 4. The van der Waals surface area contributed by atoms with Gasteiger partial charge in [0.2, 0.25) is 0 Å². The summed E-state index contributed by atoms with van der Waals surface area (Å²) in [5, 5.41) is 0. The van der Waals surface area contributed by atoms with Crippen LogP contribution in [0.25, 0.3) is 16.9 Å². The van der Waals surface area contributed by atoms with E-state index in [9.17, 15) is 8.60 Å². The molecule has 0 aliphatic carbocycles. The zero-order valence-electron chi connectivity index (χ0n) is 11.9. The van der Waals surface area contributed by atoms with E-state index in [1.54, 1.807) is 12.1 Å². The fourth-order valence-corrected chi connectivity index (χ4v) is 3.41. The number of halogens is 2. The number of hydrogen-bond donors (Lipinski definition) is 1. The highest BCUT2D eigenvalue weighted by molar-refractivity contribution is 9.10. The van der Waals surface area contributed by atoms with Gasteiger partial charge in [-0.05, 0) is 63.5 Å². The zero-order valence-corrected chi connectivity index (χ0v) is 14.3. The monoisotopic (exact) mass is 393 g/mol. The summed E-state index contributed by atoms with van der Waals surface area (Å²) in [5.41, 5.74) is 3.56. The van der Waals surface area contributed by atoms with E-state index in [-0.39, 0.29) is 11.6 Å². The third-order valence-electron chi connectivity index (χ3n) is 3.46. The molecule has 0 spiro atoms. The van der Waals surface area contributed by atoms with Gasteiger partial charge in [-0.2, -0.15) is 0 Å². The summed E-state index contributed by atoms with van der Waals surface area (Å²) in [6, 6.07) is 17.6. The van der Waals surface area contributed by atoms with Crippen molar-refractivity contribution in [1.29, 1.82) is 0 Å². The van der Waals surface area contributed by atoms with Crippen LogP contribution in [0.15, 0.2) is 65.3 Å². The summed E-state index contributed by atoms with van der Waals surface area (Å²) >= 11 is 1.66. The van der Waals surface area contributed by atoms with Crippen molar-refractivity contribution in [3.63, 3.8) is 0 Å². The Hall–Kier alpha value is -1.76. The second-order valence-electron chi connectivity index (χ2n) is 5.02. The van der Waals surface area contributed by atoms with Crippen molar-refractivity contribution in [2.45, 2.75) is 5.75 Å². The van der Waals surface area contributed by atoms with Crippen molar-refractivity contribution in [2.75, 3.05) is 0 Å². The average Bonchev–Trinajstić information content (AvgIpc) is 2.90. The van der Waals surface area contributed by atoms with E-state index in [2.05, 4.69) is 15.9 Å². The molecule has 0 amide bonds. The first-order valence-electron chi connectivity index (χ1n) is 6.84. The second-order valence-corrected chi connectivity index (χ2v) is 6.76. The van der Waals surface area contributed by atoms with Crippen LogP contribution in [0.2, 0.25) is 0 Å². The largest absolute Gasteiger partial charge is 0.306 e. The summed E-state index contributed by atoms with van der Waals surface area (Å²) in [6.07, 6.45) is 0. The van der Waals surface area contributed by atoms with E-state index in [0.717, 1.165) is 27.1 Å². The minimum Gasteiger partial charge on any atom is -0.306 e. The molecule has 0 fully saturated rings. The lowest BCUT2D eigenvalue weighted by Crippen LogP contribution is -1.98. The highest BCUT2D eigenvalue weighted by atomic mass is 79.9. The SMILES string of the molecule is O=S(O)Cc1ccc(-c2ccc(Br)n2-c2ccc(F)cc2)cc1. The van der Waals surface area contributed by atoms with Crippen molar-refractivity contribution >= 4 is 27.0 Å². The molecule has 0 saturated carbocycles. The lowest BCUT2D eigenvalue weighted by atomic mass is 10.1. The molecule has 1 N–H and O–H groups in total. The summed E-state index contributed by atoms with van der Waals surface area (Å²) in [7, 11) is 0. The Morgan fingerprint density at radius 3 is 2.26 bits per heavy atom. The Balaban J connectivity index is 2.01. The van der Waals surface area contributed by atoms with Gasteiger partial charge in [0, 0.05) is 5.69 Å². The highest BCUT2D eigenvalue weighted by Crippen LogP contribution is 2.29. The number of aromatic nitrogens is 1. The van der Waals surface area contributed by atoms with Gasteiger partial charge in [-0.3, -0.25) is 0 Å². The maximum Gasteiger partial charge on any atom is 0.157 e. The van der Waals surface area contributed by atoms with Crippen LogP contribution < -0.4 is 0 Å². The van der Waals surface area contributed by atoms with E-state index in [1.165, 1.54) is 12.1 Å². The molecule has 23 heavy (non-hydrogen) atoms. The minimum absolute atomic E-state index is 0.114. The molecule has 0 aliphatic heterocycles. The normalized spacial score (nSPS) is 12.3. The second kappa shape index (κ2) is 6.78. The minimum atomic E-state index is -1.85. The lowest BCUT2D eigenvalue weighted by molar-refractivity contribution is 0.563. The molecule has 0 radical (unpaired) electrons. The Bertz CT molecular complexity index is 844. The molecule has 3 aromatic rings.